The fourth-order valence-corrected chi connectivity index (χ4v) is 2.05. The lowest BCUT2D eigenvalue weighted by atomic mass is 10.1. The van der Waals surface area contributed by atoms with E-state index in [4.69, 9.17) is 5.11 Å². The summed E-state index contributed by atoms with van der Waals surface area (Å²) < 4.78 is 0. The maximum Gasteiger partial charge on any atom is 0.0606 e. The van der Waals surface area contributed by atoms with Crippen molar-refractivity contribution in [2.45, 2.75) is 40.3 Å². The van der Waals surface area contributed by atoms with Crippen molar-refractivity contribution in [3.05, 3.63) is 29.3 Å². The van der Waals surface area contributed by atoms with Crippen LogP contribution in [-0.4, -0.2) is 30.8 Å². The normalized spacial score (nSPS) is 11.0. The van der Waals surface area contributed by atoms with Crippen molar-refractivity contribution >= 4 is 5.69 Å². The largest absolute Gasteiger partial charge is 0.395 e. The van der Waals surface area contributed by atoms with Gasteiger partial charge < -0.3 is 15.3 Å². The topological polar surface area (TPSA) is 35.5 Å². The number of hydrogen-bond donors (Lipinski definition) is 2. The number of rotatable bonds is 7. The van der Waals surface area contributed by atoms with Crippen LogP contribution in [0, 0.1) is 6.92 Å². The van der Waals surface area contributed by atoms with Crippen molar-refractivity contribution < 1.29 is 5.11 Å². The molecule has 0 atom stereocenters. The predicted octanol–water partition coefficient (Wildman–Crippen LogP) is 2.31. The van der Waals surface area contributed by atoms with E-state index in [1.165, 1.54) is 16.8 Å². The first-order chi connectivity index (χ1) is 8.58. The highest BCUT2D eigenvalue weighted by Gasteiger charge is 2.09. The molecule has 102 valence electrons. The van der Waals surface area contributed by atoms with Crippen LogP contribution < -0.4 is 10.2 Å². The summed E-state index contributed by atoms with van der Waals surface area (Å²) in [6.45, 7) is 11.2. The van der Waals surface area contributed by atoms with Crippen molar-refractivity contribution in [1.29, 1.82) is 0 Å². The highest BCUT2D eigenvalue weighted by Crippen LogP contribution is 2.22. The molecule has 3 heteroatoms. The van der Waals surface area contributed by atoms with Gasteiger partial charge in [0, 0.05) is 31.4 Å². The molecule has 1 aromatic rings. The monoisotopic (exact) mass is 250 g/mol. The van der Waals surface area contributed by atoms with Crippen LogP contribution in [0.2, 0.25) is 0 Å². The average Bonchev–Trinajstić information content (AvgIpc) is 2.34. The lowest BCUT2D eigenvalue weighted by molar-refractivity contribution is 0.302. The third-order valence-corrected chi connectivity index (χ3v) is 3.03. The van der Waals surface area contributed by atoms with Crippen molar-refractivity contribution in [3.63, 3.8) is 0 Å². The molecule has 1 rings (SSSR count). The second-order valence-corrected chi connectivity index (χ2v) is 4.97. The Hall–Kier alpha value is -1.06. The summed E-state index contributed by atoms with van der Waals surface area (Å²) in [6.07, 6.45) is 0. The van der Waals surface area contributed by atoms with Gasteiger partial charge in [-0.15, -0.1) is 0 Å². The van der Waals surface area contributed by atoms with Gasteiger partial charge in [-0.3, -0.25) is 0 Å². The van der Waals surface area contributed by atoms with E-state index in [2.05, 4.69) is 56.1 Å². The van der Waals surface area contributed by atoms with E-state index in [9.17, 15) is 0 Å². The summed E-state index contributed by atoms with van der Waals surface area (Å²) in [5.74, 6) is 0. The van der Waals surface area contributed by atoms with Gasteiger partial charge in [0.25, 0.3) is 0 Å². The van der Waals surface area contributed by atoms with E-state index >= 15 is 0 Å². The van der Waals surface area contributed by atoms with Crippen molar-refractivity contribution in [1.82, 2.24) is 5.32 Å². The molecule has 0 spiro atoms. The van der Waals surface area contributed by atoms with E-state index in [-0.39, 0.29) is 6.61 Å². The zero-order valence-corrected chi connectivity index (χ0v) is 12.0. The molecule has 0 unspecified atom stereocenters. The molecule has 18 heavy (non-hydrogen) atoms. The molecule has 0 heterocycles. The number of benzene rings is 1. The minimum Gasteiger partial charge on any atom is -0.395 e. The molecular weight excluding hydrogens is 224 g/mol. The van der Waals surface area contributed by atoms with Crippen molar-refractivity contribution in [2.24, 2.45) is 0 Å². The molecule has 2 N–H and O–H groups in total. The number of nitrogens with zero attached hydrogens (tertiary/aromatic N) is 1. The third-order valence-electron chi connectivity index (χ3n) is 3.03. The SMILES string of the molecule is CCN(CCO)c1ccc(C)cc1CNC(C)C. The van der Waals surface area contributed by atoms with E-state index in [1.807, 2.05) is 0 Å². The number of nitrogens with one attached hydrogen (secondary N) is 1. The van der Waals surface area contributed by atoms with Crippen LogP contribution in [0.1, 0.15) is 31.9 Å². The fraction of sp³-hybridized carbons (Fsp3) is 0.600. The third kappa shape index (κ3) is 4.31. The van der Waals surface area contributed by atoms with E-state index in [0.29, 0.717) is 12.6 Å². The summed E-state index contributed by atoms with van der Waals surface area (Å²) >= 11 is 0. The zero-order valence-electron chi connectivity index (χ0n) is 12.0. The van der Waals surface area contributed by atoms with Crippen LogP contribution in [-0.2, 0) is 6.54 Å². The number of hydrogen-bond acceptors (Lipinski definition) is 3. The van der Waals surface area contributed by atoms with Gasteiger partial charge in [0.05, 0.1) is 6.61 Å². The summed E-state index contributed by atoms with van der Waals surface area (Å²) in [4.78, 5) is 2.22. The standard InChI is InChI=1S/C15H26N2O/c1-5-17(8-9-18)15-7-6-13(4)10-14(15)11-16-12(2)3/h6-7,10,12,16,18H,5,8-9,11H2,1-4H3. The van der Waals surface area contributed by atoms with E-state index < -0.39 is 0 Å². The second-order valence-electron chi connectivity index (χ2n) is 4.97. The van der Waals surface area contributed by atoms with Gasteiger partial charge in [0.1, 0.15) is 0 Å². The Balaban J connectivity index is 2.93. The summed E-state index contributed by atoms with van der Waals surface area (Å²) in [7, 11) is 0. The predicted molar refractivity (Wildman–Crippen MR) is 78.1 cm³/mol. The van der Waals surface area contributed by atoms with Gasteiger partial charge in [0.2, 0.25) is 0 Å². The Kier molecular flexibility index (Phi) is 6.16. The Labute approximate surface area is 111 Å². The quantitative estimate of drug-likeness (QED) is 0.779. The molecule has 0 aliphatic rings. The second kappa shape index (κ2) is 7.39. The van der Waals surface area contributed by atoms with Gasteiger partial charge >= 0.3 is 0 Å². The maximum atomic E-state index is 9.14. The Morgan fingerprint density at radius 2 is 2.06 bits per heavy atom. The summed E-state index contributed by atoms with van der Waals surface area (Å²) in [5, 5.41) is 12.6. The maximum absolute atomic E-state index is 9.14. The molecular formula is C15H26N2O. The Morgan fingerprint density at radius 3 is 2.61 bits per heavy atom. The lowest BCUT2D eigenvalue weighted by Crippen LogP contribution is -2.29. The molecule has 0 aromatic heterocycles. The number of likely N-dealkylation sites (N-methyl/N-ethyl adjacent to an activating group) is 1. The molecule has 1 aromatic carbocycles. The molecule has 0 radical (unpaired) electrons. The van der Waals surface area contributed by atoms with Gasteiger partial charge in [0.15, 0.2) is 0 Å². The van der Waals surface area contributed by atoms with Crippen LogP contribution in [0.25, 0.3) is 0 Å². The van der Waals surface area contributed by atoms with Crippen molar-refractivity contribution in [3.8, 4) is 0 Å². The van der Waals surface area contributed by atoms with Gasteiger partial charge in [-0.25, -0.2) is 0 Å². The minimum atomic E-state index is 0.193. The highest BCUT2D eigenvalue weighted by atomic mass is 16.3. The number of anilines is 1. The van der Waals surface area contributed by atoms with Crippen LogP contribution in [0.15, 0.2) is 18.2 Å². The Bertz CT molecular complexity index is 364. The summed E-state index contributed by atoms with van der Waals surface area (Å²) in [5.41, 5.74) is 3.81. The molecule has 0 amide bonds. The molecule has 3 nitrogen and oxygen atoms in total. The lowest BCUT2D eigenvalue weighted by Gasteiger charge is -2.26. The van der Waals surface area contributed by atoms with E-state index in [1.54, 1.807) is 0 Å². The minimum absolute atomic E-state index is 0.193. The van der Waals surface area contributed by atoms with Gasteiger partial charge in [-0.2, -0.15) is 0 Å². The first-order valence-corrected chi connectivity index (χ1v) is 6.77. The first kappa shape index (κ1) is 15.0. The Morgan fingerprint density at radius 1 is 1.33 bits per heavy atom. The number of aliphatic hydroxyl groups is 1. The number of aryl methyl sites for hydroxylation is 1. The van der Waals surface area contributed by atoms with Gasteiger partial charge in [-0.1, -0.05) is 31.5 Å². The molecule has 0 bridgehead atoms. The fourth-order valence-electron chi connectivity index (χ4n) is 2.05. The van der Waals surface area contributed by atoms with Crippen LogP contribution in [0.4, 0.5) is 5.69 Å². The smallest absolute Gasteiger partial charge is 0.0606 e. The van der Waals surface area contributed by atoms with Crippen LogP contribution in [0.3, 0.4) is 0 Å². The highest BCUT2D eigenvalue weighted by molar-refractivity contribution is 5.55. The first-order valence-electron chi connectivity index (χ1n) is 6.77. The van der Waals surface area contributed by atoms with E-state index in [0.717, 1.165) is 13.1 Å². The molecule has 0 aliphatic heterocycles. The molecule has 0 saturated carbocycles. The molecule has 0 aliphatic carbocycles. The van der Waals surface area contributed by atoms with Crippen molar-refractivity contribution in [2.75, 3.05) is 24.6 Å². The number of aliphatic hydroxyl groups excluding tert-OH is 1. The van der Waals surface area contributed by atoms with Crippen LogP contribution in [0.5, 0.6) is 0 Å². The molecule has 0 saturated heterocycles. The van der Waals surface area contributed by atoms with Crippen LogP contribution >= 0.6 is 0 Å². The zero-order chi connectivity index (χ0) is 13.5. The summed E-state index contributed by atoms with van der Waals surface area (Å²) in [6, 6.07) is 7.00. The average molecular weight is 250 g/mol. The van der Waals surface area contributed by atoms with Gasteiger partial charge in [-0.05, 0) is 25.5 Å². The molecule has 0 fully saturated rings.